The monoisotopic (exact) mass is 646 g/mol. The largest absolute Gasteiger partial charge is 0.309 e. The van der Waals surface area contributed by atoms with Crippen molar-refractivity contribution in [1.82, 2.24) is 18.7 Å². The zero-order valence-electron chi connectivity index (χ0n) is 28.3. The summed E-state index contributed by atoms with van der Waals surface area (Å²) in [5.41, 5.74) is 13.8. The Hall–Kier alpha value is -6.46. The third kappa shape index (κ3) is 4.86. The van der Waals surface area contributed by atoms with Crippen LogP contribution in [0, 0.1) is 13.8 Å². The molecule has 6 aromatic carbocycles. The third-order valence-electron chi connectivity index (χ3n) is 9.84. The maximum Gasteiger partial charge on any atom is 0.191 e. The maximum absolute atomic E-state index is 4.94. The van der Waals surface area contributed by atoms with Gasteiger partial charge < -0.3 is 4.90 Å². The molecule has 9 rings (SSSR count). The molecule has 0 saturated carbocycles. The van der Waals surface area contributed by atoms with E-state index in [0.717, 1.165) is 39.5 Å². The first-order valence-corrected chi connectivity index (χ1v) is 17.0. The lowest BCUT2D eigenvalue weighted by Crippen LogP contribution is -2.13. The van der Waals surface area contributed by atoms with Gasteiger partial charge in [-0.3, -0.25) is 4.57 Å². The second-order valence-electron chi connectivity index (χ2n) is 13.0. The molecule has 0 N–H and O–H groups in total. The standard InChI is InChI=1S/C45H36N5/c1-31-13-11-14-32(2)45(31)49(36-18-12-17-35(28-36)48-30-47(3)41-21-9-10-22-42(41)48)37-23-24-39-38-19-7-8-20-40(38)50(43(39)29-37)44-27-34(25-26-46-44)33-15-5-4-6-16-33/h4-30H,1-3H3/q+1. The van der Waals surface area contributed by atoms with Crippen molar-refractivity contribution in [2.75, 3.05) is 4.90 Å². The van der Waals surface area contributed by atoms with Crippen LogP contribution in [0.1, 0.15) is 11.1 Å². The van der Waals surface area contributed by atoms with E-state index in [1.54, 1.807) is 0 Å². The molecule has 5 heteroatoms. The molecule has 50 heavy (non-hydrogen) atoms. The van der Waals surface area contributed by atoms with Crippen LogP contribution in [0.2, 0.25) is 0 Å². The SMILES string of the molecule is Cc1cccc(C)c1N(c1cccc(-n2[cH+]n(C)c3ccccc32)c1)c1ccc2c3ccccc3n(-c3cc(-c4ccccc4)ccn3)c2c1. The van der Waals surface area contributed by atoms with Gasteiger partial charge in [0.15, 0.2) is 17.4 Å². The summed E-state index contributed by atoms with van der Waals surface area (Å²) in [7, 11) is 2.10. The van der Waals surface area contributed by atoms with Crippen LogP contribution in [0.25, 0.3) is 55.5 Å². The van der Waals surface area contributed by atoms with Gasteiger partial charge in [0.2, 0.25) is 0 Å². The minimum atomic E-state index is 0.891. The van der Waals surface area contributed by atoms with Crippen molar-refractivity contribution < 1.29 is 0 Å². The van der Waals surface area contributed by atoms with Crippen LogP contribution in [0.3, 0.4) is 0 Å². The summed E-state index contributed by atoms with van der Waals surface area (Å²) in [4.78, 5) is 7.36. The lowest BCUT2D eigenvalue weighted by Gasteiger charge is -2.29. The Bertz CT molecular complexity index is 2680. The smallest absolute Gasteiger partial charge is 0.191 e. The van der Waals surface area contributed by atoms with E-state index in [9.17, 15) is 0 Å². The number of fused-ring (bicyclic) bond motifs is 4. The highest BCUT2D eigenvalue weighted by Gasteiger charge is 2.22. The van der Waals surface area contributed by atoms with Crippen LogP contribution in [0.15, 0.2) is 164 Å². The van der Waals surface area contributed by atoms with Gasteiger partial charge >= 0.3 is 0 Å². The van der Waals surface area contributed by atoms with Crippen LogP contribution >= 0.6 is 0 Å². The molecule has 0 aliphatic heterocycles. The van der Waals surface area contributed by atoms with Crippen LogP contribution in [0.5, 0.6) is 0 Å². The lowest BCUT2D eigenvalue weighted by molar-refractivity contribution is 0.911. The summed E-state index contributed by atoms with van der Waals surface area (Å²) in [6.07, 6.45) is 4.08. The number of aryl methyl sites for hydroxylation is 3. The van der Waals surface area contributed by atoms with Crippen LogP contribution in [-0.4, -0.2) is 18.7 Å². The normalized spacial score (nSPS) is 11.5. The van der Waals surface area contributed by atoms with Crippen molar-refractivity contribution >= 4 is 49.9 Å². The van der Waals surface area contributed by atoms with Crippen molar-refractivity contribution in [3.63, 3.8) is 0 Å². The molecule has 0 unspecified atom stereocenters. The summed E-state index contributed by atoms with van der Waals surface area (Å²) < 4.78 is 6.76. The van der Waals surface area contributed by atoms with E-state index in [0.29, 0.717) is 0 Å². The van der Waals surface area contributed by atoms with Crippen molar-refractivity contribution in [2.24, 2.45) is 7.05 Å². The highest BCUT2D eigenvalue weighted by Crippen LogP contribution is 2.42. The Morgan fingerprint density at radius 2 is 1.22 bits per heavy atom. The van der Waals surface area contributed by atoms with E-state index < -0.39 is 0 Å². The van der Waals surface area contributed by atoms with Crippen molar-refractivity contribution in [3.05, 3.63) is 175 Å². The van der Waals surface area contributed by atoms with Gasteiger partial charge in [-0.2, -0.15) is 4.57 Å². The maximum atomic E-state index is 4.94. The van der Waals surface area contributed by atoms with Gasteiger partial charge in [0.25, 0.3) is 0 Å². The first-order chi connectivity index (χ1) is 24.5. The Balaban J connectivity index is 1.28. The summed E-state index contributed by atoms with van der Waals surface area (Å²) in [5, 5.41) is 2.40. The zero-order chi connectivity index (χ0) is 33.8. The quantitative estimate of drug-likeness (QED) is 0.168. The summed E-state index contributed by atoms with van der Waals surface area (Å²) in [6.45, 7) is 4.40. The number of anilines is 3. The van der Waals surface area contributed by atoms with E-state index in [1.807, 2.05) is 6.20 Å². The van der Waals surface area contributed by atoms with Crippen molar-refractivity contribution in [2.45, 2.75) is 13.8 Å². The predicted octanol–water partition coefficient (Wildman–Crippen LogP) is 11.5. The summed E-state index contributed by atoms with van der Waals surface area (Å²) >= 11 is 0. The molecule has 3 heterocycles. The lowest BCUT2D eigenvalue weighted by atomic mass is 10.0. The molecule has 0 radical (unpaired) electrons. The number of nitrogens with zero attached hydrogens (tertiary/aromatic N) is 5. The average Bonchev–Trinajstić information content (AvgIpc) is 3.68. The molecule has 0 atom stereocenters. The van der Waals surface area contributed by atoms with Crippen LogP contribution in [0.4, 0.5) is 17.1 Å². The molecule has 0 aliphatic rings. The molecule has 0 amide bonds. The average molecular weight is 647 g/mol. The Morgan fingerprint density at radius 1 is 0.540 bits per heavy atom. The Labute approximate surface area is 291 Å². The topological polar surface area (TPSA) is 30.9 Å². The first kappa shape index (κ1) is 29.7. The summed E-state index contributed by atoms with van der Waals surface area (Å²) in [5.74, 6) is 0.891. The predicted molar refractivity (Wildman–Crippen MR) is 208 cm³/mol. The van der Waals surface area contributed by atoms with E-state index in [4.69, 9.17) is 4.98 Å². The van der Waals surface area contributed by atoms with Crippen LogP contribution < -0.4 is 4.90 Å². The molecule has 3 aromatic heterocycles. The Kier molecular flexibility index (Phi) is 7.06. The van der Waals surface area contributed by atoms with E-state index in [2.05, 4.69) is 197 Å². The van der Waals surface area contributed by atoms with Gasteiger partial charge in [0.05, 0.1) is 22.4 Å². The first-order valence-electron chi connectivity index (χ1n) is 17.0. The molecule has 9 aromatic rings. The molecular formula is C45H36N5+. The minimum absolute atomic E-state index is 0.891. The molecule has 0 bridgehead atoms. The van der Waals surface area contributed by atoms with Crippen molar-refractivity contribution in [1.29, 1.82) is 0 Å². The number of rotatable bonds is 6. The van der Waals surface area contributed by atoms with Gasteiger partial charge in [0, 0.05) is 54.0 Å². The minimum Gasteiger partial charge on any atom is -0.309 e. The molecule has 0 fully saturated rings. The number of hydrogen-bond acceptors (Lipinski definition) is 2. The highest BCUT2D eigenvalue weighted by molar-refractivity contribution is 6.10. The molecule has 0 spiro atoms. The summed E-state index contributed by atoms with van der Waals surface area (Å²) in [6, 6.07) is 54.2. The van der Waals surface area contributed by atoms with E-state index in [1.165, 1.54) is 44.2 Å². The second kappa shape index (κ2) is 11.9. The van der Waals surface area contributed by atoms with Crippen molar-refractivity contribution in [3.8, 4) is 22.6 Å². The number of para-hydroxylation sites is 4. The zero-order valence-corrected chi connectivity index (χ0v) is 28.3. The van der Waals surface area contributed by atoms with E-state index >= 15 is 0 Å². The number of benzene rings is 6. The second-order valence-corrected chi connectivity index (χ2v) is 13.0. The van der Waals surface area contributed by atoms with Crippen LogP contribution in [-0.2, 0) is 7.05 Å². The van der Waals surface area contributed by atoms with Gasteiger partial charge in [-0.15, -0.1) is 0 Å². The molecule has 0 saturated heterocycles. The number of hydrogen-bond donors (Lipinski definition) is 0. The molecular weight excluding hydrogens is 611 g/mol. The third-order valence-corrected chi connectivity index (χ3v) is 9.84. The molecule has 240 valence electrons. The number of pyridine rings is 1. The molecule has 0 aliphatic carbocycles. The van der Waals surface area contributed by atoms with Gasteiger partial charge in [-0.05, 0) is 90.7 Å². The Morgan fingerprint density at radius 3 is 2.04 bits per heavy atom. The fraction of sp³-hybridized carbons (Fsp3) is 0.0667. The fourth-order valence-corrected chi connectivity index (χ4v) is 7.51. The van der Waals surface area contributed by atoms with Gasteiger partial charge in [-0.1, -0.05) is 72.8 Å². The fourth-order valence-electron chi connectivity index (χ4n) is 7.51. The number of aromatic nitrogens is 4. The van der Waals surface area contributed by atoms with Gasteiger partial charge in [-0.25, -0.2) is 9.55 Å². The highest BCUT2D eigenvalue weighted by atomic mass is 15.2. The van der Waals surface area contributed by atoms with E-state index in [-0.39, 0.29) is 0 Å². The molecule has 5 nitrogen and oxygen atoms in total. The van der Waals surface area contributed by atoms with Gasteiger partial charge in [0.1, 0.15) is 11.5 Å². The number of imidazole rings is 1.